The predicted molar refractivity (Wildman–Crippen MR) is 45.4 cm³/mol. The van der Waals surface area contributed by atoms with Crippen molar-refractivity contribution >= 4 is 12.3 Å². The van der Waals surface area contributed by atoms with Gasteiger partial charge in [0.25, 0.3) is 0 Å². The molecule has 0 bridgehead atoms. The van der Waals surface area contributed by atoms with Crippen molar-refractivity contribution in [1.29, 1.82) is 0 Å². The van der Waals surface area contributed by atoms with Crippen molar-refractivity contribution < 1.29 is 14.3 Å². The van der Waals surface area contributed by atoms with Crippen molar-refractivity contribution in [3.63, 3.8) is 0 Å². The summed E-state index contributed by atoms with van der Waals surface area (Å²) < 4.78 is 4.83. The van der Waals surface area contributed by atoms with Gasteiger partial charge in [-0.15, -0.1) is 0 Å². The highest BCUT2D eigenvalue weighted by Crippen LogP contribution is 1.98. The van der Waals surface area contributed by atoms with Crippen molar-refractivity contribution in [3.8, 4) is 0 Å². The highest BCUT2D eigenvalue weighted by molar-refractivity contribution is 5.68. The molecule has 0 aliphatic rings. The molecule has 0 aliphatic carbocycles. The Balaban J connectivity index is 3.00. The topological polar surface area (TPSA) is 43.4 Å². The molecule has 0 fully saturated rings. The maximum Gasteiger partial charge on any atom is 0.305 e. The Bertz CT molecular complexity index is 132. The van der Waals surface area contributed by atoms with Gasteiger partial charge in [-0.1, -0.05) is 6.92 Å². The molecule has 0 aromatic rings. The summed E-state index contributed by atoms with van der Waals surface area (Å²) in [5.74, 6) is -0.156. The molecule has 69 valence electrons. The van der Waals surface area contributed by atoms with Gasteiger partial charge in [-0.25, -0.2) is 0 Å². The van der Waals surface area contributed by atoms with E-state index >= 15 is 0 Å². The minimum atomic E-state index is -0.156. The molecule has 0 atom stereocenters. The Morgan fingerprint density at radius 3 is 2.67 bits per heavy atom. The molecule has 0 saturated heterocycles. The molecular formula is C9H15O3. The van der Waals surface area contributed by atoms with Crippen LogP contribution in [0, 0.1) is 0 Å². The van der Waals surface area contributed by atoms with Gasteiger partial charge in [0.2, 0.25) is 0 Å². The average Bonchev–Trinajstić information content (AvgIpc) is 2.10. The van der Waals surface area contributed by atoms with Gasteiger partial charge in [0, 0.05) is 12.8 Å². The first-order valence-corrected chi connectivity index (χ1v) is 4.32. The summed E-state index contributed by atoms with van der Waals surface area (Å²) in [6, 6.07) is 0. The number of carbonyl (C=O) groups excluding carboxylic acids is 2. The average molecular weight is 171 g/mol. The van der Waals surface area contributed by atoms with Crippen LogP contribution in [0.15, 0.2) is 0 Å². The lowest BCUT2D eigenvalue weighted by atomic mass is 10.2. The number of ether oxygens (including phenoxy) is 1. The van der Waals surface area contributed by atoms with E-state index in [2.05, 4.69) is 0 Å². The zero-order valence-electron chi connectivity index (χ0n) is 7.47. The van der Waals surface area contributed by atoms with Crippen molar-refractivity contribution in [2.45, 2.75) is 39.0 Å². The van der Waals surface area contributed by atoms with Crippen LogP contribution in [0.5, 0.6) is 0 Å². The number of unbranched alkanes of at least 4 members (excludes halogenated alkanes) is 3. The van der Waals surface area contributed by atoms with E-state index in [1.54, 1.807) is 6.92 Å². The molecule has 12 heavy (non-hydrogen) atoms. The number of hydrogen-bond acceptors (Lipinski definition) is 3. The number of rotatable bonds is 7. The molecule has 0 aromatic carbocycles. The van der Waals surface area contributed by atoms with Crippen LogP contribution in [-0.4, -0.2) is 18.9 Å². The molecule has 0 aromatic heterocycles. The van der Waals surface area contributed by atoms with Crippen LogP contribution in [0.2, 0.25) is 0 Å². The SMILES string of the molecule is CCC(=O)OCCCCC[C]=O. The van der Waals surface area contributed by atoms with Crippen LogP contribution >= 0.6 is 0 Å². The van der Waals surface area contributed by atoms with E-state index in [4.69, 9.17) is 4.74 Å². The minimum Gasteiger partial charge on any atom is -0.466 e. The highest BCUT2D eigenvalue weighted by atomic mass is 16.5. The van der Waals surface area contributed by atoms with Gasteiger partial charge in [0.15, 0.2) is 6.29 Å². The third-order valence-electron chi connectivity index (χ3n) is 1.47. The van der Waals surface area contributed by atoms with Crippen LogP contribution in [0.25, 0.3) is 0 Å². The molecular weight excluding hydrogens is 156 g/mol. The van der Waals surface area contributed by atoms with Gasteiger partial charge < -0.3 is 4.74 Å². The fourth-order valence-corrected chi connectivity index (χ4v) is 0.764. The van der Waals surface area contributed by atoms with E-state index in [0.717, 1.165) is 19.3 Å². The molecule has 0 saturated carbocycles. The van der Waals surface area contributed by atoms with Crippen molar-refractivity contribution in [2.24, 2.45) is 0 Å². The van der Waals surface area contributed by atoms with Crippen LogP contribution in [0.1, 0.15) is 39.0 Å². The molecule has 0 aliphatic heterocycles. The molecule has 0 unspecified atom stereocenters. The van der Waals surface area contributed by atoms with Gasteiger partial charge in [-0.3, -0.25) is 9.59 Å². The van der Waals surface area contributed by atoms with E-state index in [1.807, 2.05) is 6.29 Å². The Labute approximate surface area is 73.1 Å². The quantitative estimate of drug-likeness (QED) is 0.431. The summed E-state index contributed by atoms with van der Waals surface area (Å²) in [5.41, 5.74) is 0. The lowest BCUT2D eigenvalue weighted by molar-refractivity contribution is -0.143. The van der Waals surface area contributed by atoms with Crippen molar-refractivity contribution in [2.75, 3.05) is 6.61 Å². The fourth-order valence-electron chi connectivity index (χ4n) is 0.764. The van der Waals surface area contributed by atoms with Gasteiger partial charge in [0.05, 0.1) is 6.61 Å². The molecule has 1 radical (unpaired) electrons. The summed E-state index contributed by atoms with van der Waals surface area (Å²) in [4.78, 5) is 20.4. The molecule has 3 nitrogen and oxygen atoms in total. The second-order valence-corrected chi connectivity index (χ2v) is 2.53. The monoisotopic (exact) mass is 171 g/mol. The molecule has 0 spiro atoms. The Morgan fingerprint density at radius 2 is 2.08 bits per heavy atom. The summed E-state index contributed by atoms with van der Waals surface area (Å²) in [6.45, 7) is 2.25. The van der Waals surface area contributed by atoms with Crippen LogP contribution in [-0.2, 0) is 14.3 Å². The standard InChI is InChI=1S/C9H15O3/c1-2-9(11)12-8-6-4-3-5-7-10/h2-6,8H2,1H3. The Hall–Kier alpha value is -0.860. The van der Waals surface area contributed by atoms with E-state index < -0.39 is 0 Å². The normalized spacial score (nSPS) is 9.42. The highest BCUT2D eigenvalue weighted by Gasteiger charge is 1.96. The molecule has 0 heterocycles. The van der Waals surface area contributed by atoms with Gasteiger partial charge in [-0.05, 0) is 19.3 Å². The van der Waals surface area contributed by atoms with E-state index in [9.17, 15) is 9.59 Å². The third-order valence-corrected chi connectivity index (χ3v) is 1.47. The second kappa shape index (κ2) is 8.24. The van der Waals surface area contributed by atoms with Gasteiger partial charge in [0.1, 0.15) is 0 Å². The Morgan fingerprint density at radius 1 is 1.33 bits per heavy atom. The molecule has 0 amide bonds. The molecule has 3 heteroatoms. The smallest absolute Gasteiger partial charge is 0.305 e. The van der Waals surface area contributed by atoms with E-state index in [-0.39, 0.29) is 5.97 Å². The Kier molecular flexibility index (Phi) is 7.65. The summed E-state index contributed by atoms with van der Waals surface area (Å²) in [6.07, 6.45) is 5.35. The molecule has 0 rings (SSSR count). The lowest BCUT2D eigenvalue weighted by Gasteiger charge is -2.01. The lowest BCUT2D eigenvalue weighted by Crippen LogP contribution is -2.03. The predicted octanol–water partition coefficient (Wildman–Crippen LogP) is 1.61. The number of esters is 1. The zero-order valence-corrected chi connectivity index (χ0v) is 7.47. The van der Waals surface area contributed by atoms with Crippen LogP contribution in [0.4, 0.5) is 0 Å². The zero-order chi connectivity index (χ0) is 9.23. The largest absolute Gasteiger partial charge is 0.466 e. The minimum absolute atomic E-state index is 0.156. The maximum absolute atomic E-state index is 10.6. The maximum atomic E-state index is 10.6. The first-order chi connectivity index (χ1) is 5.81. The summed E-state index contributed by atoms with van der Waals surface area (Å²) in [7, 11) is 0. The third kappa shape index (κ3) is 7.25. The summed E-state index contributed by atoms with van der Waals surface area (Å²) in [5, 5.41) is 0. The van der Waals surface area contributed by atoms with E-state index in [0.29, 0.717) is 19.4 Å². The molecule has 0 N–H and O–H groups in total. The number of hydrogen-bond donors (Lipinski definition) is 0. The van der Waals surface area contributed by atoms with Gasteiger partial charge >= 0.3 is 5.97 Å². The van der Waals surface area contributed by atoms with E-state index in [1.165, 1.54) is 0 Å². The van der Waals surface area contributed by atoms with Crippen LogP contribution < -0.4 is 0 Å². The second-order valence-electron chi connectivity index (χ2n) is 2.53. The van der Waals surface area contributed by atoms with Crippen molar-refractivity contribution in [1.82, 2.24) is 0 Å². The van der Waals surface area contributed by atoms with Crippen LogP contribution in [0.3, 0.4) is 0 Å². The number of carbonyl (C=O) groups is 1. The van der Waals surface area contributed by atoms with Crippen molar-refractivity contribution in [3.05, 3.63) is 0 Å². The fraction of sp³-hybridized carbons (Fsp3) is 0.778. The summed E-state index contributed by atoms with van der Waals surface area (Å²) >= 11 is 0. The first kappa shape index (κ1) is 11.1. The van der Waals surface area contributed by atoms with Gasteiger partial charge in [-0.2, -0.15) is 0 Å². The first-order valence-electron chi connectivity index (χ1n) is 4.32.